The minimum atomic E-state index is -0.380. The highest BCUT2D eigenvalue weighted by atomic mass is 16.6. The first-order chi connectivity index (χ1) is 4.83. The summed E-state index contributed by atoms with van der Waals surface area (Å²) in [7, 11) is 3.90. The van der Waals surface area contributed by atoms with Gasteiger partial charge in [-0.05, 0) is 13.8 Å². The van der Waals surface area contributed by atoms with E-state index in [-0.39, 0.29) is 11.6 Å². The monoisotopic (exact) mass is 159 g/mol. The van der Waals surface area contributed by atoms with Gasteiger partial charge in [0, 0.05) is 6.92 Å². The molecule has 65 valence electrons. The molecule has 3 nitrogen and oxygen atoms in total. The van der Waals surface area contributed by atoms with Gasteiger partial charge in [0.2, 0.25) is 0 Å². The zero-order chi connectivity index (χ0) is 9.07. The molecule has 0 saturated heterocycles. The van der Waals surface area contributed by atoms with E-state index in [4.69, 9.17) is 4.74 Å². The standard InChI is InChI=1S/C8H17NO2/c1-7(10)11-8(2,3)6-9(4)5/h6H2,1-5H3/q+1. The van der Waals surface area contributed by atoms with Gasteiger partial charge in [-0.1, -0.05) is 0 Å². The zero-order valence-electron chi connectivity index (χ0n) is 7.97. The predicted octanol–water partition coefficient (Wildman–Crippen LogP) is 0.728. The quantitative estimate of drug-likeness (QED) is 0.449. The molecule has 0 spiro atoms. The molecule has 0 saturated carbocycles. The molecule has 0 unspecified atom stereocenters. The third-order valence-electron chi connectivity index (χ3n) is 1.12. The van der Waals surface area contributed by atoms with Crippen LogP contribution < -0.4 is 4.90 Å². The summed E-state index contributed by atoms with van der Waals surface area (Å²) in [5.41, 5.74) is -0.380. The summed E-state index contributed by atoms with van der Waals surface area (Å²) >= 11 is 0. The Morgan fingerprint density at radius 2 is 1.91 bits per heavy atom. The van der Waals surface area contributed by atoms with E-state index < -0.39 is 0 Å². The van der Waals surface area contributed by atoms with Crippen molar-refractivity contribution in [1.82, 2.24) is 4.90 Å². The van der Waals surface area contributed by atoms with E-state index in [2.05, 4.69) is 0 Å². The molecule has 0 rings (SSSR count). The van der Waals surface area contributed by atoms with Crippen molar-refractivity contribution >= 4 is 5.97 Å². The second-order valence-corrected chi connectivity index (χ2v) is 3.59. The summed E-state index contributed by atoms with van der Waals surface area (Å²) in [5, 5.41) is 0. The van der Waals surface area contributed by atoms with Crippen molar-refractivity contribution in [2.75, 3.05) is 20.6 Å². The van der Waals surface area contributed by atoms with Crippen LogP contribution in [0.5, 0.6) is 0 Å². The smallest absolute Gasteiger partial charge is 0.303 e. The fourth-order valence-electron chi connectivity index (χ4n) is 1.18. The van der Waals surface area contributed by atoms with Crippen LogP contribution in [0.3, 0.4) is 0 Å². The number of esters is 1. The van der Waals surface area contributed by atoms with Crippen molar-refractivity contribution in [3.63, 3.8) is 0 Å². The van der Waals surface area contributed by atoms with Crippen molar-refractivity contribution in [3.05, 3.63) is 0 Å². The Hall–Kier alpha value is -0.570. The average molecular weight is 159 g/mol. The van der Waals surface area contributed by atoms with Crippen molar-refractivity contribution in [1.29, 1.82) is 0 Å². The van der Waals surface area contributed by atoms with E-state index in [0.717, 1.165) is 6.54 Å². The number of hydrogen-bond acceptors (Lipinski definition) is 3. The van der Waals surface area contributed by atoms with Crippen LogP contribution in [0, 0.1) is 0 Å². The lowest BCUT2D eigenvalue weighted by atomic mass is 10.1. The van der Waals surface area contributed by atoms with E-state index in [1.165, 1.54) is 6.92 Å². The molecule has 0 aliphatic heterocycles. The van der Waals surface area contributed by atoms with Gasteiger partial charge in [0.25, 0.3) is 0 Å². The molecule has 0 bridgehead atoms. The van der Waals surface area contributed by atoms with Gasteiger partial charge in [-0.15, -0.1) is 0 Å². The molecule has 1 radical (unpaired) electrons. The van der Waals surface area contributed by atoms with E-state index in [9.17, 15) is 4.79 Å². The Kier molecular flexibility index (Phi) is 3.52. The summed E-state index contributed by atoms with van der Waals surface area (Å²) in [4.78, 5) is 12.6. The topological polar surface area (TPSA) is 32.2 Å². The van der Waals surface area contributed by atoms with E-state index in [1.807, 2.05) is 32.8 Å². The summed E-state index contributed by atoms with van der Waals surface area (Å²) in [6, 6.07) is 0. The van der Waals surface area contributed by atoms with Crippen LogP contribution in [0.25, 0.3) is 0 Å². The molecular weight excluding hydrogens is 142 g/mol. The van der Waals surface area contributed by atoms with Gasteiger partial charge in [0.05, 0.1) is 0 Å². The van der Waals surface area contributed by atoms with Crippen LogP contribution in [0.15, 0.2) is 0 Å². The third kappa shape index (κ3) is 5.85. The lowest BCUT2D eigenvalue weighted by molar-refractivity contribution is -0.153. The molecule has 0 aromatic heterocycles. The number of carbonyl (C=O) groups excluding carboxylic acids is 1. The fraction of sp³-hybridized carbons (Fsp3) is 0.875. The molecule has 0 aliphatic rings. The number of nitrogens with zero attached hydrogens (tertiary/aromatic N) is 1. The highest BCUT2D eigenvalue weighted by Gasteiger charge is 2.26. The molecule has 0 N–H and O–H groups in total. The van der Waals surface area contributed by atoms with Crippen LogP contribution in [-0.4, -0.2) is 32.2 Å². The lowest BCUT2D eigenvalue weighted by Gasteiger charge is -2.22. The molecular formula is C8H17NO2+. The maximum atomic E-state index is 10.6. The second kappa shape index (κ2) is 3.72. The van der Waals surface area contributed by atoms with Crippen molar-refractivity contribution < 1.29 is 9.53 Å². The van der Waals surface area contributed by atoms with Crippen LogP contribution in [0.2, 0.25) is 0 Å². The van der Waals surface area contributed by atoms with Crippen molar-refractivity contribution in [2.45, 2.75) is 26.4 Å². The van der Waals surface area contributed by atoms with Gasteiger partial charge in [0.1, 0.15) is 14.1 Å². The highest BCUT2D eigenvalue weighted by molar-refractivity contribution is 5.66. The van der Waals surface area contributed by atoms with Crippen LogP contribution in [0.1, 0.15) is 20.8 Å². The number of hydrogen-bond donors (Lipinski definition) is 0. The lowest BCUT2D eigenvalue weighted by Crippen LogP contribution is -2.40. The van der Waals surface area contributed by atoms with E-state index in [0.29, 0.717) is 0 Å². The minimum Gasteiger partial charge on any atom is -0.454 e. The maximum Gasteiger partial charge on any atom is 0.303 e. The SMILES string of the molecule is CC(=O)OC(C)(C)C[N+](C)C. The first kappa shape index (κ1) is 10.4. The van der Waals surface area contributed by atoms with E-state index >= 15 is 0 Å². The zero-order valence-corrected chi connectivity index (χ0v) is 7.97. The Morgan fingerprint density at radius 3 is 2.18 bits per heavy atom. The Balaban J connectivity index is 3.89. The normalized spacial score (nSPS) is 11.8. The molecule has 0 fully saturated rings. The van der Waals surface area contributed by atoms with Gasteiger partial charge in [0.15, 0.2) is 12.1 Å². The Morgan fingerprint density at radius 1 is 1.45 bits per heavy atom. The molecule has 0 atom stereocenters. The molecule has 0 aliphatic carbocycles. The average Bonchev–Trinajstić information content (AvgIpc) is 1.53. The van der Waals surface area contributed by atoms with Crippen LogP contribution in [0.4, 0.5) is 0 Å². The number of ether oxygens (including phenoxy) is 1. The highest BCUT2D eigenvalue weighted by Crippen LogP contribution is 2.08. The summed E-state index contributed by atoms with van der Waals surface area (Å²) in [6.45, 7) is 5.97. The van der Waals surface area contributed by atoms with Crippen LogP contribution in [-0.2, 0) is 9.53 Å². The van der Waals surface area contributed by atoms with Gasteiger partial charge < -0.3 is 4.74 Å². The van der Waals surface area contributed by atoms with E-state index in [1.54, 1.807) is 0 Å². The fourth-order valence-corrected chi connectivity index (χ4v) is 1.18. The van der Waals surface area contributed by atoms with Crippen molar-refractivity contribution in [2.24, 2.45) is 0 Å². The third-order valence-corrected chi connectivity index (χ3v) is 1.12. The predicted molar refractivity (Wildman–Crippen MR) is 44.7 cm³/mol. The Bertz CT molecular complexity index is 141. The first-order valence-electron chi connectivity index (χ1n) is 3.68. The summed E-state index contributed by atoms with van der Waals surface area (Å²) in [6.07, 6.45) is 0. The molecule has 0 heterocycles. The molecule has 11 heavy (non-hydrogen) atoms. The number of carbonyl (C=O) groups is 1. The molecule has 0 aromatic carbocycles. The maximum absolute atomic E-state index is 10.6. The molecule has 3 heteroatoms. The Labute approximate surface area is 68.3 Å². The first-order valence-corrected chi connectivity index (χ1v) is 3.68. The number of rotatable bonds is 3. The van der Waals surface area contributed by atoms with Gasteiger partial charge in [-0.25, -0.2) is 0 Å². The van der Waals surface area contributed by atoms with Gasteiger partial charge in [-0.2, -0.15) is 4.90 Å². The van der Waals surface area contributed by atoms with Crippen molar-refractivity contribution in [3.8, 4) is 0 Å². The van der Waals surface area contributed by atoms with Gasteiger partial charge in [-0.3, -0.25) is 4.79 Å². The molecule has 0 aromatic rings. The summed E-state index contributed by atoms with van der Waals surface area (Å²) < 4.78 is 5.07. The largest absolute Gasteiger partial charge is 0.454 e. The second-order valence-electron chi connectivity index (χ2n) is 3.59. The van der Waals surface area contributed by atoms with Crippen LogP contribution >= 0.6 is 0 Å². The molecule has 0 amide bonds. The minimum absolute atomic E-state index is 0.225. The summed E-state index contributed by atoms with van der Waals surface area (Å²) in [5.74, 6) is -0.225. The number of likely N-dealkylation sites (N-methyl/N-ethyl adjacent to an activating group) is 1. The van der Waals surface area contributed by atoms with Gasteiger partial charge >= 0.3 is 5.97 Å².